The summed E-state index contributed by atoms with van der Waals surface area (Å²) in [4.78, 5) is 30.6. The third kappa shape index (κ3) is 4.46. The smallest absolute Gasteiger partial charge is 0.319 e. The molecule has 7 nitrogen and oxygen atoms in total. The van der Waals surface area contributed by atoms with Gasteiger partial charge in [0.05, 0.1) is 6.04 Å². The van der Waals surface area contributed by atoms with Crippen molar-refractivity contribution in [2.24, 2.45) is 0 Å². The molecule has 2 N–H and O–H groups in total. The van der Waals surface area contributed by atoms with Crippen molar-refractivity contribution in [3.63, 3.8) is 0 Å². The minimum absolute atomic E-state index is 0.0989. The van der Waals surface area contributed by atoms with Gasteiger partial charge in [0.25, 0.3) is 0 Å². The molecule has 0 saturated carbocycles. The fraction of sp³-hybridized carbons (Fsp3) is 0.579. The molecule has 2 aliphatic rings. The van der Waals surface area contributed by atoms with Crippen LogP contribution in [-0.4, -0.2) is 73.6 Å². The quantitative estimate of drug-likeness (QED) is 0.856. The Bertz CT molecular complexity index is 638. The number of carbonyl (C=O) groups excluding carboxylic acids is 2. The van der Waals surface area contributed by atoms with Crippen LogP contribution < -0.4 is 15.5 Å². The number of carbonyl (C=O) groups is 2. The van der Waals surface area contributed by atoms with E-state index >= 15 is 0 Å². The Morgan fingerprint density at radius 1 is 1.12 bits per heavy atom. The molecule has 1 aromatic rings. The molecular weight excluding hydrogens is 330 g/mol. The van der Waals surface area contributed by atoms with E-state index in [9.17, 15) is 9.59 Å². The zero-order valence-corrected chi connectivity index (χ0v) is 15.9. The zero-order chi connectivity index (χ0) is 18.7. The Morgan fingerprint density at radius 3 is 2.35 bits per heavy atom. The van der Waals surface area contributed by atoms with E-state index in [-0.39, 0.29) is 24.0 Å². The molecule has 0 bridgehead atoms. The van der Waals surface area contributed by atoms with Crippen LogP contribution in [0.25, 0.3) is 0 Å². The van der Waals surface area contributed by atoms with E-state index < -0.39 is 0 Å². The van der Waals surface area contributed by atoms with Crippen LogP contribution in [0.5, 0.6) is 0 Å². The number of benzene rings is 1. The number of nitrogens with one attached hydrogen (secondary N) is 2. The van der Waals surface area contributed by atoms with Gasteiger partial charge in [-0.25, -0.2) is 4.79 Å². The van der Waals surface area contributed by atoms with Crippen LogP contribution in [0, 0.1) is 0 Å². The first-order valence-electron chi connectivity index (χ1n) is 9.33. The van der Waals surface area contributed by atoms with Crippen LogP contribution in [0.15, 0.2) is 24.3 Å². The van der Waals surface area contributed by atoms with Crippen molar-refractivity contribution in [1.29, 1.82) is 0 Å². The molecule has 0 spiro atoms. The van der Waals surface area contributed by atoms with Gasteiger partial charge in [-0.2, -0.15) is 0 Å². The second-order valence-electron chi connectivity index (χ2n) is 7.48. The lowest BCUT2D eigenvalue weighted by Gasteiger charge is -2.34. The van der Waals surface area contributed by atoms with Gasteiger partial charge in [0.15, 0.2) is 0 Å². The van der Waals surface area contributed by atoms with Crippen molar-refractivity contribution >= 4 is 23.3 Å². The van der Waals surface area contributed by atoms with Crippen LogP contribution in [0.2, 0.25) is 0 Å². The van der Waals surface area contributed by atoms with Crippen LogP contribution in [0.4, 0.5) is 16.2 Å². The summed E-state index contributed by atoms with van der Waals surface area (Å²) < 4.78 is 0. The lowest BCUT2D eigenvalue weighted by atomic mass is 10.2. The molecule has 0 aliphatic carbocycles. The first kappa shape index (κ1) is 18.5. The molecule has 1 unspecified atom stereocenters. The standard InChI is InChI=1S/C19H29N5O2/c1-14(2)24-13-16(12-18(24)25)21-19(26)20-15-4-6-17(7-5-15)23-10-8-22(3)9-11-23/h4-7,14,16H,8-13H2,1-3H3,(H2,20,21,26). The average molecular weight is 359 g/mol. The van der Waals surface area contributed by atoms with Crippen LogP contribution in [-0.2, 0) is 4.79 Å². The van der Waals surface area contributed by atoms with Gasteiger partial charge >= 0.3 is 6.03 Å². The lowest BCUT2D eigenvalue weighted by Crippen LogP contribution is -2.44. The van der Waals surface area contributed by atoms with Crippen LogP contribution in [0.3, 0.4) is 0 Å². The molecule has 3 amide bonds. The second-order valence-corrected chi connectivity index (χ2v) is 7.48. The van der Waals surface area contributed by atoms with Gasteiger partial charge in [-0.1, -0.05) is 0 Å². The fourth-order valence-electron chi connectivity index (χ4n) is 3.50. The first-order valence-corrected chi connectivity index (χ1v) is 9.33. The first-order chi connectivity index (χ1) is 12.4. The minimum Gasteiger partial charge on any atom is -0.369 e. The van der Waals surface area contributed by atoms with Crippen molar-refractivity contribution in [3.05, 3.63) is 24.3 Å². The third-order valence-corrected chi connectivity index (χ3v) is 5.11. The summed E-state index contributed by atoms with van der Waals surface area (Å²) in [5, 5.41) is 5.76. The van der Waals surface area contributed by atoms with Crippen molar-refractivity contribution < 1.29 is 9.59 Å². The molecule has 2 aliphatic heterocycles. The van der Waals surface area contributed by atoms with E-state index in [1.54, 1.807) is 4.90 Å². The summed E-state index contributed by atoms with van der Waals surface area (Å²) in [5.74, 6) is 0.0989. The molecule has 0 aromatic heterocycles. The summed E-state index contributed by atoms with van der Waals surface area (Å²) in [6.45, 7) is 8.72. The van der Waals surface area contributed by atoms with E-state index in [1.807, 2.05) is 38.1 Å². The molecule has 2 saturated heterocycles. The number of urea groups is 1. The normalized spacial score (nSPS) is 21.4. The number of nitrogens with zero attached hydrogens (tertiary/aromatic N) is 3. The highest BCUT2D eigenvalue weighted by molar-refractivity contribution is 5.90. The fourth-order valence-corrected chi connectivity index (χ4v) is 3.50. The summed E-state index contributed by atoms with van der Waals surface area (Å²) in [7, 11) is 2.14. The Hall–Kier alpha value is -2.28. The van der Waals surface area contributed by atoms with Gasteiger partial charge in [0, 0.05) is 56.6 Å². The SMILES string of the molecule is CC(C)N1CC(NC(=O)Nc2ccc(N3CCN(C)CC3)cc2)CC1=O. The van der Waals surface area contributed by atoms with E-state index in [4.69, 9.17) is 0 Å². The molecule has 1 atom stereocenters. The maximum atomic E-state index is 12.2. The number of anilines is 2. The van der Waals surface area contributed by atoms with E-state index in [0.29, 0.717) is 13.0 Å². The summed E-state index contributed by atoms with van der Waals surface area (Å²) in [6.07, 6.45) is 0.369. The largest absolute Gasteiger partial charge is 0.369 e. The summed E-state index contributed by atoms with van der Waals surface area (Å²) in [6, 6.07) is 7.71. The second kappa shape index (κ2) is 7.95. The monoisotopic (exact) mass is 359 g/mol. The maximum Gasteiger partial charge on any atom is 0.319 e. The van der Waals surface area contributed by atoms with Crippen molar-refractivity contribution in [2.75, 3.05) is 50.0 Å². The Labute approximate surface area is 155 Å². The highest BCUT2D eigenvalue weighted by Gasteiger charge is 2.31. The predicted molar refractivity (Wildman–Crippen MR) is 104 cm³/mol. The van der Waals surface area contributed by atoms with Gasteiger partial charge in [0.2, 0.25) is 5.91 Å². The Balaban J connectivity index is 1.50. The molecule has 1 aromatic carbocycles. The maximum absolute atomic E-state index is 12.2. The van der Waals surface area contributed by atoms with Gasteiger partial charge in [-0.05, 0) is 45.2 Å². The number of piperazine rings is 1. The molecule has 142 valence electrons. The van der Waals surface area contributed by atoms with Crippen molar-refractivity contribution in [1.82, 2.24) is 15.1 Å². The number of hydrogen-bond donors (Lipinski definition) is 2. The Morgan fingerprint density at radius 2 is 1.77 bits per heavy atom. The number of amides is 3. The third-order valence-electron chi connectivity index (χ3n) is 5.11. The number of likely N-dealkylation sites (tertiary alicyclic amines) is 1. The van der Waals surface area contributed by atoms with Gasteiger partial charge in [-0.3, -0.25) is 4.79 Å². The number of likely N-dealkylation sites (N-methyl/N-ethyl adjacent to an activating group) is 1. The summed E-state index contributed by atoms with van der Waals surface area (Å²) in [5.41, 5.74) is 1.93. The average Bonchev–Trinajstić information content (AvgIpc) is 2.97. The molecule has 7 heteroatoms. The van der Waals surface area contributed by atoms with Gasteiger partial charge in [0.1, 0.15) is 0 Å². The van der Waals surface area contributed by atoms with E-state index in [0.717, 1.165) is 31.9 Å². The molecule has 2 heterocycles. The van der Waals surface area contributed by atoms with E-state index in [1.165, 1.54) is 5.69 Å². The number of rotatable bonds is 4. The molecular formula is C19H29N5O2. The van der Waals surface area contributed by atoms with Crippen LogP contribution in [0.1, 0.15) is 20.3 Å². The van der Waals surface area contributed by atoms with Gasteiger partial charge < -0.3 is 25.3 Å². The van der Waals surface area contributed by atoms with E-state index in [2.05, 4.69) is 27.5 Å². The predicted octanol–water partition coefficient (Wildman–Crippen LogP) is 1.57. The topological polar surface area (TPSA) is 67.9 Å². The highest BCUT2D eigenvalue weighted by atomic mass is 16.2. The summed E-state index contributed by atoms with van der Waals surface area (Å²) >= 11 is 0. The molecule has 3 rings (SSSR count). The zero-order valence-electron chi connectivity index (χ0n) is 15.9. The molecule has 0 radical (unpaired) electrons. The number of hydrogen-bond acceptors (Lipinski definition) is 4. The van der Waals surface area contributed by atoms with Crippen molar-refractivity contribution in [2.45, 2.75) is 32.4 Å². The Kier molecular flexibility index (Phi) is 5.66. The van der Waals surface area contributed by atoms with Crippen LogP contribution >= 0.6 is 0 Å². The highest BCUT2D eigenvalue weighted by Crippen LogP contribution is 2.19. The molecule has 26 heavy (non-hydrogen) atoms. The molecule has 2 fully saturated rings. The van der Waals surface area contributed by atoms with Crippen molar-refractivity contribution in [3.8, 4) is 0 Å². The minimum atomic E-state index is -0.263. The van der Waals surface area contributed by atoms with Gasteiger partial charge in [-0.15, -0.1) is 0 Å². The lowest BCUT2D eigenvalue weighted by molar-refractivity contribution is -0.129.